The largest absolute Gasteiger partial charge is 0.478 e. The lowest BCUT2D eigenvalue weighted by Crippen LogP contribution is -2.65. The van der Waals surface area contributed by atoms with Gasteiger partial charge in [-0.25, -0.2) is 9.78 Å². The van der Waals surface area contributed by atoms with E-state index in [9.17, 15) is 27.9 Å². The van der Waals surface area contributed by atoms with Crippen molar-refractivity contribution in [3.63, 3.8) is 0 Å². The van der Waals surface area contributed by atoms with Gasteiger partial charge in [-0.3, -0.25) is 9.69 Å². The Kier molecular flexibility index (Phi) is 4.56. The van der Waals surface area contributed by atoms with E-state index in [1.54, 1.807) is 0 Å². The number of nitrogens with one attached hydrogen (secondary N) is 1. The van der Waals surface area contributed by atoms with E-state index in [-0.39, 0.29) is 16.7 Å². The van der Waals surface area contributed by atoms with Gasteiger partial charge in [0.25, 0.3) is 5.91 Å². The van der Waals surface area contributed by atoms with Crippen molar-refractivity contribution in [2.45, 2.75) is 44.4 Å². The molecule has 0 unspecified atom stereocenters. The molecule has 2 aromatic heterocycles. The van der Waals surface area contributed by atoms with Crippen LogP contribution in [0.1, 0.15) is 52.8 Å². The number of aromatic carboxylic acids is 1. The second-order valence-electron chi connectivity index (χ2n) is 7.93. The Bertz CT molecular complexity index is 979. The number of piperidine rings is 3. The fourth-order valence-electron chi connectivity index (χ4n) is 4.48. The molecule has 0 aromatic carbocycles. The van der Waals surface area contributed by atoms with Crippen LogP contribution in [0.25, 0.3) is 11.0 Å². The van der Waals surface area contributed by atoms with Crippen molar-refractivity contribution in [1.29, 1.82) is 0 Å². The number of carbonyl (C=O) groups excluding carboxylic acids is 1. The van der Waals surface area contributed by atoms with Crippen LogP contribution < -0.4 is 5.32 Å². The molecular formula is C19H20F3N3O4. The van der Waals surface area contributed by atoms with Crippen LogP contribution >= 0.6 is 0 Å². The summed E-state index contributed by atoms with van der Waals surface area (Å²) in [6.45, 7) is 3.72. The fourth-order valence-corrected chi connectivity index (χ4v) is 4.48. The number of hydrogen-bond acceptors (Lipinski definition) is 5. The van der Waals surface area contributed by atoms with E-state index < -0.39 is 41.5 Å². The molecule has 1 atom stereocenters. The molecule has 7 nitrogen and oxygen atoms in total. The van der Waals surface area contributed by atoms with Crippen LogP contribution in [0, 0.1) is 5.92 Å². The van der Waals surface area contributed by atoms with E-state index in [1.807, 2.05) is 6.92 Å². The normalized spacial score (nSPS) is 26.6. The highest BCUT2D eigenvalue weighted by molar-refractivity contribution is 6.05. The highest BCUT2D eigenvalue weighted by atomic mass is 19.4. The van der Waals surface area contributed by atoms with Crippen LogP contribution in [0.3, 0.4) is 0 Å². The average Bonchev–Trinajstić information content (AvgIpc) is 2.97. The number of nitrogens with zero attached hydrogens (tertiary/aromatic N) is 2. The molecular weight excluding hydrogens is 391 g/mol. The van der Waals surface area contributed by atoms with Crippen LogP contribution in [0.15, 0.2) is 16.7 Å². The van der Waals surface area contributed by atoms with E-state index in [4.69, 9.17) is 4.42 Å². The molecule has 0 radical (unpaired) electrons. The summed E-state index contributed by atoms with van der Waals surface area (Å²) < 4.78 is 43.4. The first kappa shape index (κ1) is 19.7. The van der Waals surface area contributed by atoms with Crippen LogP contribution in [0.2, 0.25) is 0 Å². The van der Waals surface area contributed by atoms with Gasteiger partial charge in [0, 0.05) is 18.5 Å². The van der Waals surface area contributed by atoms with Crippen LogP contribution in [0.5, 0.6) is 0 Å². The molecule has 2 bridgehead atoms. The average molecular weight is 411 g/mol. The summed E-state index contributed by atoms with van der Waals surface area (Å²) in [5.74, 6) is -2.22. The number of fused-ring (bicyclic) bond motifs is 4. The summed E-state index contributed by atoms with van der Waals surface area (Å²) in [6.07, 6.45) is -2.06. The summed E-state index contributed by atoms with van der Waals surface area (Å²) in [5, 5.41) is 12.3. The number of halogens is 3. The number of carbonyl (C=O) groups is 2. The Labute approximate surface area is 163 Å². The second-order valence-corrected chi connectivity index (χ2v) is 7.93. The lowest BCUT2D eigenvalue weighted by molar-refractivity contribution is -0.129. The minimum Gasteiger partial charge on any atom is -0.478 e. The molecule has 3 fully saturated rings. The summed E-state index contributed by atoms with van der Waals surface area (Å²) in [7, 11) is 0. The zero-order chi connectivity index (χ0) is 21.0. The first-order valence-corrected chi connectivity index (χ1v) is 9.35. The van der Waals surface area contributed by atoms with E-state index in [1.165, 1.54) is 6.07 Å². The third-order valence-corrected chi connectivity index (χ3v) is 5.84. The number of carboxylic acid groups (broad SMARTS) is 1. The number of furan rings is 1. The summed E-state index contributed by atoms with van der Waals surface area (Å²) in [6, 6.07) is 1.18. The Balaban J connectivity index is 1.65. The van der Waals surface area contributed by atoms with Crippen molar-refractivity contribution in [1.82, 2.24) is 15.2 Å². The van der Waals surface area contributed by atoms with Crippen molar-refractivity contribution in [3.05, 3.63) is 29.3 Å². The van der Waals surface area contributed by atoms with Gasteiger partial charge >= 0.3 is 12.1 Å². The monoisotopic (exact) mass is 411 g/mol. The van der Waals surface area contributed by atoms with Crippen molar-refractivity contribution < 1.29 is 32.3 Å². The smallest absolute Gasteiger partial charge is 0.396 e. The molecule has 3 aliphatic rings. The second kappa shape index (κ2) is 6.72. The van der Waals surface area contributed by atoms with E-state index in [2.05, 4.69) is 15.2 Å². The molecule has 0 spiro atoms. The van der Waals surface area contributed by atoms with Gasteiger partial charge in [0.1, 0.15) is 23.4 Å². The van der Waals surface area contributed by atoms with Gasteiger partial charge in [-0.05, 0) is 38.2 Å². The summed E-state index contributed by atoms with van der Waals surface area (Å²) in [4.78, 5) is 30.5. The molecule has 0 aliphatic carbocycles. The number of rotatable bonds is 4. The van der Waals surface area contributed by atoms with E-state index in [0.29, 0.717) is 5.92 Å². The van der Waals surface area contributed by atoms with E-state index in [0.717, 1.165) is 38.5 Å². The maximum absolute atomic E-state index is 12.8. The Hall–Kier alpha value is -2.62. The van der Waals surface area contributed by atoms with Crippen LogP contribution in [0.4, 0.5) is 13.2 Å². The predicted molar refractivity (Wildman–Crippen MR) is 95.5 cm³/mol. The number of carboxylic acids is 1. The van der Waals surface area contributed by atoms with E-state index >= 15 is 0 Å². The molecule has 29 heavy (non-hydrogen) atoms. The van der Waals surface area contributed by atoms with Crippen LogP contribution in [-0.4, -0.2) is 51.8 Å². The van der Waals surface area contributed by atoms with Gasteiger partial charge in [-0.1, -0.05) is 0 Å². The number of alkyl halides is 3. The Morgan fingerprint density at radius 3 is 2.62 bits per heavy atom. The third-order valence-electron chi connectivity index (χ3n) is 5.84. The van der Waals surface area contributed by atoms with Gasteiger partial charge in [-0.15, -0.1) is 0 Å². The SMILES string of the molecule is C[C@@]1(NC(=O)c2cc3c(C(=O)O)c(CC(F)(F)F)oc3cn2)CC2CCN1CC2. The first-order valence-electron chi connectivity index (χ1n) is 9.35. The molecule has 1 amide bonds. The van der Waals surface area contributed by atoms with Crippen molar-refractivity contribution >= 4 is 22.8 Å². The first-order chi connectivity index (χ1) is 13.6. The van der Waals surface area contributed by atoms with Crippen molar-refractivity contribution in [2.24, 2.45) is 5.92 Å². The predicted octanol–water partition coefficient (Wildman–Crippen LogP) is 3.19. The minimum absolute atomic E-state index is 0.0665. The van der Waals surface area contributed by atoms with Gasteiger partial charge < -0.3 is 14.8 Å². The molecule has 2 aromatic rings. The number of amides is 1. The highest BCUT2D eigenvalue weighted by Crippen LogP contribution is 2.37. The Morgan fingerprint density at radius 2 is 2.07 bits per heavy atom. The maximum Gasteiger partial charge on any atom is 0.396 e. The number of pyridine rings is 1. The molecule has 156 valence electrons. The number of hydrogen-bond donors (Lipinski definition) is 2. The van der Waals surface area contributed by atoms with Gasteiger partial charge in [0.05, 0.1) is 11.9 Å². The molecule has 5 heterocycles. The minimum atomic E-state index is -4.63. The standard InChI is InChI=1S/C19H20F3N3O4/c1-18(7-10-2-4-25(18)5-3-10)24-16(26)12-6-11-14(9-23-12)29-13(8-19(20,21)22)15(11)17(27)28/h6,9-10H,2-5,7-8H2,1H3,(H,24,26)(H,27,28)/t18-/m0/s1. The topological polar surface area (TPSA) is 95.7 Å². The van der Waals surface area contributed by atoms with Gasteiger partial charge in [0.2, 0.25) is 0 Å². The lowest BCUT2D eigenvalue weighted by Gasteiger charge is -2.52. The zero-order valence-corrected chi connectivity index (χ0v) is 15.7. The highest BCUT2D eigenvalue weighted by Gasteiger charge is 2.43. The molecule has 0 saturated carbocycles. The number of aromatic nitrogens is 1. The lowest BCUT2D eigenvalue weighted by atomic mass is 9.80. The van der Waals surface area contributed by atoms with Crippen molar-refractivity contribution in [3.8, 4) is 0 Å². The molecule has 2 N–H and O–H groups in total. The van der Waals surface area contributed by atoms with Crippen LogP contribution in [-0.2, 0) is 6.42 Å². The fraction of sp³-hybridized carbons (Fsp3) is 0.526. The maximum atomic E-state index is 12.8. The zero-order valence-electron chi connectivity index (χ0n) is 15.7. The Morgan fingerprint density at radius 1 is 1.38 bits per heavy atom. The molecule has 3 saturated heterocycles. The summed E-state index contributed by atoms with van der Waals surface area (Å²) >= 11 is 0. The molecule has 10 heteroatoms. The molecule has 5 rings (SSSR count). The summed E-state index contributed by atoms with van der Waals surface area (Å²) in [5.41, 5.74) is -1.30. The molecule has 3 aliphatic heterocycles. The van der Waals surface area contributed by atoms with Gasteiger partial charge in [0.15, 0.2) is 5.58 Å². The van der Waals surface area contributed by atoms with Crippen molar-refractivity contribution in [2.75, 3.05) is 13.1 Å². The van der Waals surface area contributed by atoms with Gasteiger partial charge in [-0.2, -0.15) is 13.2 Å². The quantitative estimate of drug-likeness (QED) is 0.802. The third kappa shape index (κ3) is 3.68.